The molecule has 1 rings (SSSR count). The van der Waals surface area contributed by atoms with Gasteiger partial charge in [-0.3, -0.25) is 0 Å². The van der Waals surface area contributed by atoms with E-state index in [1.165, 1.54) is 0 Å². The molecular weight excluding hydrogens is 224 g/mol. The van der Waals surface area contributed by atoms with Crippen LogP contribution in [0.3, 0.4) is 0 Å². The molecule has 0 nitrogen and oxygen atoms in total. The third-order valence-electron chi connectivity index (χ3n) is 1.74. The lowest BCUT2D eigenvalue weighted by molar-refractivity contribution is 1.06. The van der Waals surface area contributed by atoms with Crippen LogP contribution in [0.5, 0.6) is 0 Å². The van der Waals surface area contributed by atoms with Crippen LogP contribution in [0.2, 0.25) is 0 Å². The Morgan fingerprint density at radius 1 is 1.17 bits per heavy atom. The molecule has 0 bridgehead atoms. The summed E-state index contributed by atoms with van der Waals surface area (Å²) in [5.74, 6) is 0.682. The Bertz CT molecular complexity index is 306. The smallest absolute Gasteiger partial charge is 0.0214 e. The predicted molar refractivity (Wildman–Crippen MR) is 65.6 cm³/mol. The van der Waals surface area contributed by atoms with Crippen LogP contribution in [-0.2, 0) is 5.75 Å². The molecule has 0 atom stereocenters. The minimum atomic E-state index is 0.682. The highest BCUT2D eigenvalue weighted by Crippen LogP contribution is 2.31. The molecule has 0 fully saturated rings. The van der Waals surface area contributed by atoms with Crippen molar-refractivity contribution in [1.82, 2.24) is 0 Å². The van der Waals surface area contributed by atoms with E-state index in [0.717, 1.165) is 25.8 Å². The first kappa shape index (κ1) is 10.7. The summed E-state index contributed by atoms with van der Waals surface area (Å²) in [6.45, 7) is 1.98. The van der Waals surface area contributed by atoms with Gasteiger partial charge in [-0.05, 0) is 24.1 Å². The molecule has 0 saturated carbocycles. The van der Waals surface area contributed by atoms with E-state index in [1.807, 2.05) is 13.0 Å². The van der Waals surface area contributed by atoms with Crippen LogP contribution in [0.15, 0.2) is 20.8 Å². The Kier molecular flexibility index (Phi) is 3.76. The molecule has 0 amide bonds. The lowest BCUT2D eigenvalue weighted by Crippen LogP contribution is -1.89. The average Bonchev–Trinajstić information content (AvgIpc) is 2.08. The SMILES string of the molecule is Cc1c(S)c(S)cc(CS)c1S. The van der Waals surface area contributed by atoms with E-state index in [4.69, 9.17) is 0 Å². The third-order valence-corrected chi connectivity index (χ3v) is 3.81. The summed E-state index contributed by atoms with van der Waals surface area (Å²) >= 11 is 17.2. The molecule has 1 aromatic carbocycles. The van der Waals surface area contributed by atoms with Crippen molar-refractivity contribution >= 4 is 50.5 Å². The zero-order chi connectivity index (χ0) is 9.30. The second-order valence-electron chi connectivity index (χ2n) is 2.54. The molecular formula is C8H10S4. The third kappa shape index (κ3) is 1.92. The van der Waals surface area contributed by atoms with Gasteiger partial charge in [0, 0.05) is 20.4 Å². The maximum Gasteiger partial charge on any atom is 0.0214 e. The van der Waals surface area contributed by atoms with Gasteiger partial charge in [0.2, 0.25) is 0 Å². The zero-order valence-corrected chi connectivity index (χ0v) is 10.2. The topological polar surface area (TPSA) is 0 Å². The molecule has 66 valence electrons. The highest BCUT2D eigenvalue weighted by atomic mass is 32.1. The fourth-order valence-electron chi connectivity index (χ4n) is 0.967. The molecule has 0 spiro atoms. The van der Waals surface area contributed by atoms with Gasteiger partial charge in [-0.25, -0.2) is 0 Å². The van der Waals surface area contributed by atoms with Crippen LogP contribution in [0.1, 0.15) is 11.1 Å². The quantitative estimate of drug-likeness (QED) is 0.527. The van der Waals surface area contributed by atoms with Gasteiger partial charge in [0.1, 0.15) is 0 Å². The normalized spacial score (nSPS) is 10.4. The lowest BCUT2D eigenvalue weighted by Gasteiger charge is -2.10. The number of hydrogen-bond donors (Lipinski definition) is 4. The van der Waals surface area contributed by atoms with Crippen molar-refractivity contribution in [2.24, 2.45) is 0 Å². The van der Waals surface area contributed by atoms with E-state index in [2.05, 4.69) is 50.5 Å². The Balaban J connectivity index is 3.39. The minimum absolute atomic E-state index is 0.682. The van der Waals surface area contributed by atoms with Crippen LogP contribution in [-0.4, -0.2) is 0 Å². The van der Waals surface area contributed by atoms with Gasteiger partial charge in [-0.2, -0.15) is 12.6 Å². The highest BCUT2D eigenvalue weighted by Gasteiger charge is 2.07. The van der Waals surface area contributed by atoms with Gasteiger partial charge in [0.05, 0.1) is 0 Å². The van der Waals surface area contributed by atoms with Crippen molar-refractivity contribution in [2.75, 3.05) is 0 Å². The van der Waals surface area contributed by atoms with E-state index >= 15 is 0 Å². The summed E-state index contributed by atoms with van der Waals surface area (Å²) in [5, 5.41) is 0. The Morgan fingerprint density at radius 2 is 1.75 bits per heavy atom. The molecule has 0 heterocycles. The molecule has 0 radical (unpaired) electrons. The number of benzene rings is 1. The van der Waals surface area contributed by atoms with Crippen LogP contribution in [0.4, 0.5) is 0 Å². The summed E-state index contributed by atoms with van der Waals surface area (Å²) in [6.07, 6.45) is 0. The summed E-state index contributed by atoms with van der Waals surface area (Å²) in [4.78, 5) is 2.75. The van der Waals surface area contributed by atoms with E-state index < -0.39 is 0 Å². The predicted octanol–water partition coefficient (Wildman–Crippen LogP) is 3.29. The molecule has 0 aromatic heterocycles. The molecule has 12 heavy (non-hydrogen) atoms. The van der Waals surface area contributed by atoms with Crippen LogP contribution >= 0.6 is 50.5 Å². The first-order valence-corrected chi connectivity index (χ1v) is 5.39. The van der Waals surface area contributed by atoms with Crippen molar-refractivity contribution in [3.05, 3.63) is 17.2 Å². The number of hydrogen-bond acceptors (Lipinski definition) is 4. The summed E-state index contributed by atoms with van der Waals surface area (Å²) in [6, 6.07) is 1.95. The molecule has 0 saturated heterocycles. The molecule has 4 heteroatoms. The average molecular weight is 234 g/mol. The maximum absolute atomic E-state index is 4.38. The first-order valence-electron chi connectivity index (χ1n) is 3.42. The number of thiol groups is 4. The largest absolute Gasteiger partial charge is 0.175 e. The van der Waals surface area contributed by atoms with Crippen molar-refractivity contribution in [2.45, 2.75) is 27.4 Å². The lowest BCUT2D eigenvalue weighted by atomic mass is 10.1. The van der Waals surface area contributed by atoms with E-state index in [-0.39, 0.29) is 0 Å². The molecule has 0 aliphatic carbocycles. The molecule has 0 aliphatic heterocycles. The van der Waals surface area contributed by atoms with Gasteiger partial charge in [0.25, 0.3) is 0 Å². The minimum Gasteiger partial charge on any atom is -0.175 e. The molecule has 0 N–H and O–H groups in total. The summed E-state index contributed by atoms with van der Waals surface area (Å²) in [7, 11) is 0. The number of rotatable bonds is 1. The summed E-state index contributed by atoms with van der Waals surface area (Å²) < 4.78 is 0. The van der Waals surface area contributed by atoms with Crippen LogP contribution < -0.4 is 0 Å². The van der Waals surface area contributed by atoms with Crippen LogP contribution in [0, 0.1) is 6.92 Å². The van der Waals surface area contributed by atoms with Crippen molar-refractivity contribution in [3.8, 4) is 0 Å². The Hall–Kier alpha value is 0.620. The molecule has 1 aromatic rings. The second kappa shape index (κ2) is 4.22. The van der Waals surface area contributed by atoms with Gasteiger partial charge in [-0.1, -0.05) is 0 Å². The van der Waals surface area contributed by atoms with Crippen LogP contribution in [0.25, 0.3) is 0 Å². The fraction of sp³-hybridized carbons (Fsp3) is 0.250. The van der Waals surface area contributed by atoms with E-state index in [9.17, 15) is 0 Å². The van der Waals surface area contributed by atoms with Gasteiger partial charge in [0.15, 0.2) is 0 Å². The van der Waals surface area contributed by atoms with Crippen molar-refractivity contribution in [1.29, 1.82) is 0 Å². The van der Waals surface area contributed by atoms with Crippen molar-refractivity contribution in [3.63, 3.8) is 0 Å². The molecule has 0 aliphatic rings. The van der Waals surface area contributed by atoms with E-state index in [0.29, 0.717) is 5.75 Å². The monoisotopic (exact) mass is 234 g/mol. The molecule has 0 unspecified atom stereocenters. The summed E-state index contributed by atoms with van der Waals surface area (Å²) in [5.41, 5.74) is 2.17. The van der Waals surface area contributed by atoms with Crippen molar-refractivity contribution < 1.29 is 0 Å². The first-order chi connectivity index (χ1) is 5.57. The Labute approximate surface area is 94.8 Å². The van der Waals surface area contributed by atoms with Gasteiger partial charge >= 0.3 is 0 Å². The van der Waals surface area contributed by atoms with Gasteiger partial charge in [-0.15, -0.1) is 37.9 Å². The highest BCUT2D eigenvalue weighted by molar-refractivity contribution is 7.83. The Morgan fingerprint density at radius 3 is 2.25 bits per heavy atom. The zero-order valence-electron chi connectivity index (χ0n) is 6.57. The second-order valence-corrected chi connectivity index (χ2v) is 4.23. The standard InChI is InChI=1S/C8H10S4/c1-4-7(11)5(3-9)2-6(10)8(4)12/h2,9-12H,3H2,1H3. The fourth-order valence-corrected chi connectivity index (χ4v) is 2.19. The van der Waals surface area contributed by atoms with E-state index in [1.54, 1.807) is 0 Å². The van der Waals surface area contributed by atoms with Gasteiger partial charge < -0.3 is 0 Å². The maximum atomic E-state index is 4.38.